The lowest BCUT2D eigenvalue weighted by Crippen LogP contribution is -2.50. The molecule has 1 aromatic rings. The average Bonchev–Trinajstić information content (AvgIpc) is 2.53. The van der Waals surface area contributed by atoms with Gasteiger partial charge in [-0.05, 0) is 25.1 Å². The lowest BCUT2D eigenvalue weighted by atomic mass is 9.82. The highest BCUT2D eigenvalue weighted by Gasteiger charge is 2.42. The van der Waals surface area contributed by atoms with Gasteiger partial charge in [0.05, 0.1) is 24.9 Å². The minimum absolute atomic E-state index is 0.0916. The van der Waals surface area contributed by atoms with E-state index in [1.165, 1.54) is 0 Å². The maximum atomic E-state index is 6.20. The van der Waals surface area contributed by atoms with Crippen molar-refractivity contribution in [1.29, 1.82) is 0 Å². The maximum absolute atomic E-state index is 6.20. The van der Waals surface area contributed by atoms with Crippen molar-refractivity contribution in [3.05, 3.63) is 24.0 Å². The average molecular weight is 294 g/mol. The highest BCUT2D eigenvalue weighted by Crippen LogP contribution is 2.38. The molecular weight excluding hydrogens is 268 g/mol. The quantitative estimate of drug-likeness (QED) is 0.836. The van der Waals surface area contributed by atoms with Gasteiger partial charge >= 0.3 is 0 Å². The first-order valence-corrected chi connectivity index (χ1v) is 7.69. The molecule has 1 aliphatic heterocycles. The second kappa shape index (κ2) is 7.73. The van der Waals surface area contributed by atoms with E-state index in [-0.39, 0.29) is 11.6 Å². The number of nitrogens with zero attached hydrogens (tertiary/aromatic N) is 1. The Labute approximate surface area is 127 Å². The van der Waals surface area contributed by atoms with E-state index >= 15 is 0 Å². The van der Waals surface area contributed by atoms with Crippen LogP contribution < -0.4 is 10.1 Å². The Balaban J connectivity index is 2.33. The molecule has 118 valence electrons. The van der Waals surface area contributed by atoms with Crippen LogP contribution in [0.4, 0.5) is 0 Å². The van der Waals surface area contributed by atoms with Crippen LogP contribution in [0.2, 0.25) is 0 Å². The maximum Gasteiger partial charge on any atom is 0.137 e. The van der Waals surface area contributed by atoms with Crippen LogP contribution >= 0.6 is 0 Å². The summed E-state index contributed by atoms with van der Waals surface area (Å²) in [5, 5.41) is 3.57. The molecular formula is C16H26N2O3. The molecule has 1 aromatic heterocycles. The van der Waals surface area contributed by atoms with E-state index in [0.29, 0.717) is 6.61 Å². The molecule has 0 amide bonds. The third-order valence-electron chi connectivity index (χ3n) is 4.01. The molecule has 0 saturated carbocycles. The van der Waals surface area contributed by atoms with Crippen LogP contribution in [0.3, 0.4) is 0 Å². The summed E-state index contributed by atoms with van der Waals surface area (Å²) in [6.07, 6.45) is 5.39. The molecule has 2 heterocycles. The van der Waals surface area contributed by atoms with Crippen molar-refractivity contribution < 1.29 is 14.2 Å². The third kappa shape index (κ3) is 3.73. The van der Waals surface area contributed by atoms with Gasteiger partial charge in [0.15, 0.2) is 0 Å². The number of hydrogen-bond donors (Lipinski definition) is 1. The number of pyridine rings is 1. The van der Waals surface area contributed by atoms with Crippen molar-refractivity contribution in [3.8, 4) is 5.75 Å². The third-order valence-corrected chi connectivity index (χ3v) is 4.01. The topological polar surface area (TPSA) is 52.6 Å². The Hall–Kier alpha value is -1.17. The highest BCUT2D eigenvalue weighted by atomic mass is 16.5. The summed E-state index contributed by atoms with van der Waals surface area (Å²) in [7, 11) is 1.66. The molecule has 1 atom stereocenters. The van der Waals surface area contributed by atoms with E-state index in [4.69, 9.17) is 14.2 Å². The van der Waals surface area contributed by atoms with Crippen LogP contribution in [0.15, 0.2) is 18.5 Å². The fourth-order valence-corrected chi connectivity index (χ4v) is 3.04. The Morgan fingerprint density at radius 1 is 1.33 bits per heavy atom. The molecule has 1 N–H and O–H groups in total. The minimum atomic E-state index is -0.239. The molecule has 1 aliphatic rings. The predicted octanol–water partition coefficient (Wildman–Crippen LogP) is 2.33. The summed E-state index contributed by atoms with van der Waals surface area (Å²) in [6.45, 7) is 7.19. The molecule has 2 rings (SSSR count). The zero-order valence-electron chi connectivity index (χ0n) is 13.2. The molecule has 0 aromatic carbocycles. The van der Waals surface area contributed by atoms with Crippen LogP contribution in [0, 0.1) is 0 Å². The van der Waals surface area contributed by atoms with Gasteiger partial charge in [-0.3, -0.25) is 4.98 Å². The van der Waals surface area contributed by atoms with E-state index in [1.54, 1.807) is 13.3 Å². The largest absolute Gasteiger partial charge is 0.495 e. The molecule has 0 radical (unpaired) electrons. The first-order valence-electron chi connectivity index (χ1n) is 7.69. The minimum Gasteiger partial charge on any atom is -0.495 e. The zero-order chi connectivity index (χ0) is 15.1. The fourth-order valence-electron chi connectivity index (χ4n) is 3.04. The van der Waals surface area contributed by atoms with Gasteiger partial charge in [0.25, 0.3) is 0 Å². The molecule has 1 saturated heterocycles. The van der Waals surface area contributed by atoms with Crippen LogP contribution in [-0.4, -0.2) is 44.1 Å². The van der Waals surface area contributed by atoms with Crippen LogP contribution in [0.5, 0.6) is 5.75 Å². The fraction of sp³-hybridized carbons (Fsp3) is 0.688. The van der Waals surface area contributed by atoms with Crippen molar-refractivity contribution >= 4 is 0 Å². The summed E-state index contributed by atoms with van der Waals surface area (Å²) in [4.78, 5) is 4.29. The Bertz CT molecular complexity index is 428. The Morgan fingerprint density at radius 2 is 2.10 bits per heavy atom. The summed E-state index contributed by atoms with van der Waals surface area (Å²) in [5.74, 6) is 0.772. The lowest BCUT2D eigenvalue weighted by molar-refractivity contribution is -0.127. The second-order valence-electron chi connectivity index (χ2n) is 5.26. The van der Waals surface area contributed by atoms with E-state index < -0.39 is 0 Å². The van der Waals surface area contributed by atoms with E-state index in [0.717, 1.165) is 43.9 Å². The summed E-state index contributed by atoms with van der Waals surface area (Å²) in [5.41, 5.74) is 0.864. The normalized spacial score (nSPS) is 19.2. The Morgan fingerprint density at radius 3 is 2.71 bits per heavy atom. The van der Waals surface area contributed by atoms with Gasteiger partial charge in [-0.2, -0.15) is 0 Å². The number of aromatic nitrogens is 1. The molecule has 21 heavy (non-hydrogen) atoms. The van der Waals surface area contributed by atoms with Gasteiger partial charge in [0.1, 0.15) is 5.75 Å². The molecule has 0 aliphatic carbocycles. The number of nitrogens with one attached hydrogen (secondary N) is 1. The Kier molecular flexibility index (Phi) is 5.96. The summed E-state index contributed by atoms with van der Waals surface area (Å²) < 4.78 is 17.0. The molecule has 5 nitrogen and oxygen atoms in total. The van der Waals surface area contributed by atoms with Gasteiger partial charge in [-0.1, -0.05) is 6.92 Å². The first kappa shape index (κ1) is 16.2. The van der Waals surface area contributed by atoms with E-state index in [2.05, 4.69) is 17.2 Å². The predicted molar refractivity (Wildman–Crippen MR) is 81.6 cm³/mol. The first-order chi connectivity index (χ1) is 10.3. The number of ether oxygens (including phenoxy) is 3. The van der Waals surface area contributed by atoms with Crippen molar-refractivity contribution in [3.63, 3.8) is 0 Å². The monoisotopic (exact) mass is 294 g/mol. The molecule has 1 fully saturated rings. The summed E-state index contributed by atoms with van der Waals surface area (Å²) in [6, 6.07) is 2.13. The van der Waals surface area contributed by atoms with Crippen LogP contribution in [0.25, 0.3) is 0 Å². The number of rotatable bonds is 7. The van der Waals surface area contributed by atoms with Gasteiger partial charge in [-0.25, -0.2) is 0 Å². The van der Waals surface area contributed by atoms with Crippen LogP contribution in [-0.2, 0) is 9.47 Å². The molecule has 5 heteroatoms. The SMILES string of the molecule is CCNC(c1cncc(OC)c1)C1(OCC)CCOCC1. The standard InChI is InChI=1S/C16H26N2O3/c1-4-18-15(13-10-14(19-3)12-17-11-13)16(21-5-2)6-8-20-9-7-16/h10-12,15,18H,4-9H2,1-3H3. The number of methoxy groups -OCH3 is 1. The summed E-state index contributed by atoms with van der Waals surface area (Å²) >= 11 is 0. The van der Waals surface area contributed by atoms with Gasteiger partial charge in [-0.15, -0.1) is 0 Å². The van der Waals surface area contributed by atoms with Crippen molar-refractivity contribution in [2.75, 3.05) is 33.5 Å². The van der Waals surface area contributed by atoms with Gasteiger partial charge < -0.3 is 19.5 Å². The molecule has 0 bridgehead atoms. The highest BCUT2D eigenvalue weighted by molar-refractivity contribution is 5.28. The molecule has 1 unspecified atom stereocenters. The molecule has 0 spiro atoms. The second-order valence-corrected chi connectivity index (χ2v) is 5.26. The van der Waals surface area contributed by atoms with E-state index in [1.807, 2.05) is 19.2 Å². The van der Waals surface area contributed by atoms with Gasteiger partial charge in [0.2, 0.25) is 0 Å². The lowest BCUT2D eigenvalue weighted by Gasteiger charge is -2.43. The van der Waals surface area contributed by atoms with E-state index in [9.17, 15) is 0 Å². The zero-order valence-corrected chi connectivity index (χ0v) is 13.2. The van der Waals surface area contributed by atoms with Crippen molar-refractivity contribution in [2.45, 2.75) is 38.3 Å². The smallest absolute Gasteiger partial charge is 0.137 e. The number of likely N-dealkylation sites (N-methyl/N-ethyl adjacent to an activating group) is 1. The van der Waals surface area contributed by atoms with Crippen LogP contribution in [0.1, 0.15) is 38.3 Å². The van der Waals surface area contributed by atoms with Gasteiger partial charge in [0, 0.05) is 38.9 Å². The van der Waals surface area contributed by atoms with Crippen molar-refractivity contribution in [1.82, 2.24) is 10.3 Å². The number of hydrogen-bond acceptors (Lipinski definition) is 5. The van der Waals surface area contributed by atoms with Crippen molar-refractivity contribution in [2.24, 2.45) is 0 Å².